The second kappa shape index (κ2) is 35.5. The predicted molar refractivity (Wildman–Crippen MR) is 483 cm³/mol. The van der Waals surface area contributed by atoms with Crippen LogP contribution < -0.4 is 33.0 Å². The lowest BCUT2D eigenvalue weighted by Gasteiger charge is -2.21. The number of anilines is 3. The number of nitrogens with two attached hydrogens (primary N) is 1. The molecule has 18 rings (SSSR count). The summed E-state index contributed by atoms with van der Waals surface area (Å²) in [7, 11) is 0. The van der Waals surface area contributed by atoms with E-state index in [1.54, 1.807) is 118 Å². The lowest BCUT2D eigenvalue weighted by Crippen LogP contribution is -2.30. The molecule has 0 saturated carbocycles. The fourth-order valence-corrected chi connectivity index (χ4v) is 17.9. The molecule has 6 aromatic heterocycles. The van der Waals surface area contributed by atoms with Crippen molar-refractivity contribution in [1.29, 1.82) is 0 Å². The molecular weight excluding hydrogens is 1810 g/mol. The molecule has 42 heteroatoms. The van der Waals surface area contributed by atoms with Gasteiger partial charge in [-0.3, -0.25) is 43.7 Å². The smallest absolute Gasteiger partial charge is 0.412 e. The third-order valence-corrected chi connectivity index (χ3v) is 25.2. The highest BCUT2D eigenvalue weighted by atomic mass is 35.5. The summed E-state index contributed by atoms with van der Waals surface area (Å²) < 4.78 is 96.0. The maximum atomic E-state index is 15.5. The number of aliphatic imine (C=N–C) groups is 3. The summed E-state index contributed by atoms with van der Waals surface area (Å²) in [5, 5.41) is 39.4. The zero-order valence-electron chi connectivity index (χ0n) is 71.0. The van der Waals surface area contributed by atoms with Crippen LogP contribution in [0.15, 0.2) is 176 Å². The van der Waals surface area contributed by atoms with E-state index in [4.69, 9.17) is 99.8 Å². The lowest BCUT2D eigenvalue weighted by molar-refractivity contribution is 0.0624. The molecule has 9 atom stereocenters. The Morgan fingerprint density at radius 1 is 0.431 bits per heavy atom. The number of carbonyl (C=O) groups excluding carboxylic acids is 2. The van der Waals surface area contributed by atoms with Crippen LogP contribution in [0.2, 0.25) is 30.1 Å². The molecule has 0 fully saturated rings. The molecule has 0 aliphatic carbocycles. The fourth-order valence-electron chi connectivity index (χ4n) is 16.8. The monoisotopic (exact) mass is 1890 g/mol. The maximum Gasteiger partial charge on any atom is 0.412 e. The molecular formula is C88H77Cl6F5N24O7. The Morgan fingerprint density at radius 3 is 1.12 bits per heavy atom. The first-order chi connectivity index (χ1) is 61.7. The normalized spacial score (nSPS) is 19.6. The number of hydrogen-bond donors (Lipinski definition) is 3. The number of tetrazole rings is 3. The fraction of sp³-hybridized carbons (Fsp3) is 0.295. The minimum atomic E-state index is -0.923. The van der Waals surface area contributed by atoms with Crippen LogP contribution in [-0.2, 0) is 9.47 Å². The second-order valence-electron chi connectivity index (χ2n) is 33.9. The van der Waals surface area contributed by atoms with E-state index in [1.165, 1.54) is 86.1 Å². The van der Waals surface area contributed by atoms with Crippen molar-refractivity contribution in [2.75, 3.05) is 16.4 Å². The number of allylic oxidation sites excluding steroid dienone is 3. The van der Waals surface area contributed by atoms with Gasteiger partial charge in [0.2, 0.25) is 11.9 Å². The van der Waals surface area contributed by atoms with Crippen molar-refractivity contribution in [3.63, 3.8) is 0 Å². The van der Waals surface area contributed by atoms with Crippen LogP contribution in [0.3, 0.4) is 0 Å². The number of ether oxygens (including phenoxy) is 2. The first-order valence-electron chi connectivity index (χ1n) is 40.6. The molecule has 0 bridgehead atoms. The van der Waals surface area contributed by atoms with Gasteiger partial charge < -0.3 is 15.2 Å². The van der Waals surface area contributed by atoms with Gasteiger partial charge in [0.05, 0.1) is 74.4 Å². The topological polar surface area (TPSA) is 375 Å². The van der Waals surface area contributed by atoms with Crippen molar-refractivity contribution >= 4 is 133 Å². The van der Waals surface area contributed by atoms with Crippen molar-refractivity contribution in [2.45, 2.75) is 149 Å². The van der Waals surface area contributed by atoms with Gasteiger partial charge in [-0.1, -0.05) is 111 Å². The van der Waals surface area contributed by atoms with Crippen molar-refractivity contribution in [3.05, 3.63) is 259 Å². The number of nitrogen functional groups attached to an aromatic ring is 1. The number of nitrogens with zero attached hydrogens (tertiary/aromatic N) is 21. The Kier molecular flexibility index (Phi) is 24.7. The third kappa shape index (κ3) is 17.5. The van der Waals surface area contributed by atoms with Crippen molar-refractivity contribution in [2.24, 2.45) is 32.7 Å². The lowest BCUT2D eigenvalue weighted by atomic mass is 9.88. The average molecular weight is 1890 g/mol. The van der Waals surface area contributed by atoms with Gasteiger partial charge in [0, 0.05) is 138 Å². The number of nitrogens with one attached hydrogen (secondary N) is 2. The quantitative estimate of drug-likeness (QED) is 0.0517. The van der Waals surface area contributed by atoms with Gasteiger partial charge in [-0.2, -0.15) is 22.8 Å². The Labute approximate surface area is 766 Å². The number of fused-ring (bicyclic) bond motifs is 3. The summed E-state index contributed by atoms with van der Waals surface area (Å²) in [6.45, 7) is 22.1. The molecule has 6 aromatic carbocycles. The largest absolute Gasteiger partial charge is 0.444 e. The minimum absolute atomic E-state index is 0.0100. The van der Waals surface area contributed by atoms with Gasteiger partial charge in [0.25, 0.3) is 16.7 Å². The van der Waals surface area contributed by atoms with Crippen LogP contribution in [0.25, 0.3) is 67.6 Å². The molecule has 668 valence electrons. The zero-order chi connectivity index (χ0) is 92.9. The van der Waals surface area contributed by atoms with Gasteiger partial charge in [-0.15, -0.1) is 15.3 Å². The maximum absolute atomic E-state index is 15.5. The number of benzene rings is 6. The SMILES string of the molecule is C[C@@H]1[C@@H](C2=NC(F)=C(c3ccc(N)c(Cl)c3F)C2)n2c(nc(-c3cc(Cl)ccc3-n3cnnn3)cc2=O)[C@@H]1C.C[C@@H]1[C@@H](C2=NC(F)=C(c3ccc(NC(=O)OC(C)(C)C)c(Cl)c3F)C2)n2c(nc(-c3cc(Cl)ccc3-n3cnnn3)cc2=O)[C@@H]1C.C[C@@H]1[C@@H](C2=NC=C(c3ccc(NC(=O)OC(C)(C)C)c(Cl)c3F)C2)n2c(nc(-c3cc(Cl)ccc3-n3cnnn3)cc2=O)[C@@H]1C. The number of aromatic nitrogens is 18. The molecule has 31 nitrogen and oxygen atoms in total. The van der Waals surface area contributed by atoms with E-state index in [-0.39, 0.29) is 126 Å². The molecule has 12 aromatic rings. The molecule has 130 heavy (non-hydrogen) atoms. The van der Waals surface area contributed by atoms with Crippen molar-refractivity contribution < 1.29 is 41.0 Å². The van der Waals surface area contributed by atoms with Gasteiger partial charge in [-0.05, 0) is 187 Å². The average Bonchev–Trinajstić information content (AvgIpc) is 1.59. The number of amides is 2. The summed E-state index contributed by atoms with van der Waals surface area (Å²) >= 11 is 37.5. The molecule has 12 heterocycles. The van der Waals surface area contributed by atoms with Gasteiger partial charge >= 0.3 is 12.2 Å². The molecule has 0 unspecified atom stereocenters. The Balaban J connectivity index is 0.000000143. The van der Waals surface area contributed by atoms with Gasteiger partial charge in [0.15, 0.2) is 17.5 Å². The van der Waals surface area contributed by atoms with Crippen LogP contribution in [0.5, 0.6) is 0 Å². The first kappa shape index (κ1) is 90.5. The van der Waals surface area contributed by atoms with E-state index < -0.39 is 69.8 Å². The summed E-state index contributed by atoms with van der Waals surface area (Å²) in [5.74, 6) is -3.35. The van der Waals surface area contributed by atoms with E-state index in [1.807, 2.05) is 41.5 Å². The molecule has 6 aliphatic heterocycles. The van der Waals surface area contributed by atoms with E-state index in [0.717, 1.165) is 0 Å². The summed E-state index contributed by atoms with van der Waals surface area (Å²) in [6.07, 6.45) is 4.60. The molecule has 0 saturated heterocycles. The number of carbonyl (C=O) groups is 2. The first-order valence-corrected chi connectivity index (χ1v) is 42.9. The highest BCUT2D eigenvalue weighted by Gasteiger charge is 2.47. The number of halogens is 11. The van der Waals surface area contributed by atoms with E-state index in [0.29, 0.717) is 113 Å². The summed E-state index contributed by atoms with van der Waals surface area (Å²) in [5.41, 5.74) is 10.3. The summed E-state index contributed by atoms with van der Waals surface area (Å²) in [6, 6.07) is 26.6. The van der Waals surface area contributed by atoms with Crippen LogP contribution in [-0.4, -0.2) is 130 Å². The van der Waals surface area contributed by atoms with Crippen LogP contribution in [0.1, 0.15) is 172 Å². The molecule has 4 N–H and O–H groups in total. The van der Waals surface area contributed by atoms with E-state index >= 15 is 17.6 Å². The second-order valence-corrected chi connectivity index (χ2v) is 36.3. The molecule has 6 aliphatic rings. The number of hydrogen-bond acceptors (Lipinski definition) is 23. The Morgan fingerprint density at radius 2 is 0.769 bits per heavy atom. The summed E-state index contributed by atoms with van der Waals surface area (Å²) in [4.78, 5) is 93.1. The Bertz CT molecular complexity index is 7030. The number of rotatable bonds is 14. The molecule has 0 spiro atoms. The van der Waals surface area contributed by atoms with Gasteiger partial charge in [-0.25, -0.2) is 47.7 Å². The highest BCUT2D eigenvalue weighted by molar-refractivity contribution is 6.35. The third-order valence-electron chi connectivity index (χ3n) is 23.4. The highest BCUT2D eigenvalue weighted by Crippen LogP contribution is 2.50. The van der Waals surface area contributed by atoms with Gasteiger partial charge in [0.1, 0.15) is 57.7 Å². The standard InChI is InChI=1S/C31H28Cl2F2N8O3.C31H29Cl2FN8O3.C26H20Cl2F2N8O/c1-14-15(2)29-38-21(19-10-16(32)6-9-23(19)42-13-36-40-41-42)12-24(44)43(29)27(14)22-11-18(28(35)37-22)17-7-8-20(25(33)26(17)34)39-30(45)46-31(3,4)5;1-15-16(2)29-37-22(20-11-18(32)6-9-24(20)41-14-36-39-40-41)12-25(43)42(29)28(15)23-10-17(13-35-23)19-7-8-21(26(33)27(19)34)38-30(44)45-31(3,4)5;1-11-12(2)26-34-18(16-7-13(27)3-6-20(16)37-10-32-35-36-37)9-21(39)38(26)24(11)19-8-15(25(30)33-19)14-4-5-17(31)22(28)23(14)29/h6-10,12-15,27H,11H2,1-5H3,(H,39,45);6-9,11-16,28H,10H2,1-5H3,(H,38,44);3-7,9-12,24H,8,31H2,1-2H3/t14-,15+,27-;15-,16+,28-;11-,12+,24-/m000/s1. The molecule has 0 radical (unpaired) electrons. The van der Waals surface area contributed by atoms with Crippen LogP contribution >= 0.6 is 69.6 Å². The minimum Gasteiger partial charge on any atom is -0.444 e. The van der Waals surface area contributed by atoms with Crippen LogP contribution in [0, 0.1) is 35.2 Å². The van der Waals surface area contributed by atoms with E-state index in [9.17, 15) is 28.4 Å². The van der Waals surface area contributed by atoms with Crippen molar-refractivity contribution in [1.82, 2.24) is 89.3 Å². The Hall–Kier alpha value is -12.9. The van der Waals surface area contributed by atoms with Crippen LogP contribution in [0.4, 0.5) is 48.6 Å². The zero-order valence-corrected chi connectivity index (χ0v) is 75.5. The molecule has 2 amide bonds. The van der Waals surface area contributed by atoms with Crippen molar-refractivity contribution in [3.8, 4) is 50.8 Å². The van der Waals surface area contributed by atoms with E-state index in [2.05, 4.69) is 72.2 Å². The predicted octanol–water partition coefficient (Wildman–Crippen LogP) is 19.4.